The number of Topliss-reactive ketones (excluding diaryl/α,β-unsaturated/α-hetero) is 1. The van der Waals surface area contributed by atoms with Gasteiger partial charge in [0.15, 0.2) is 0 Å². The zero-order chi connectivity index (χ0) is 11.4. The molecule has 0 aromatic carbocycles. The van der Waals surface area contributed by atoms with Crippen molar-refractivity contribution < 1.29 is 14.3 Å². The predicted octanol–water partition coefficient (Wildman–Crippen LogP) is 1.47. The van der Waals surface area contributed by atoms with Gasteiger partial charge in [0, 0.05) is 20.8 Å². The van der Waals surface area contributed by atoms with Crippen LogP contribution in [0.2, 0.25) is 0 Å². The minimum atomic E-state index is -0.886. The molecule has 0 saturated heterocycles. The van der Waals surface area contributed by atoms with Crippen LogP contribution < -0.4 is 0 Å². The van der Waals surface area contributed by atoms with E-state index in [2.05, 4.69) is 21.0 Å². The van der Waals surface area contributed by atoms with Crippen LogP contribution in [0.25, 0.3) is 0 Å². The summed E-state index contributed by atoms with van der Waals surface area (Å²) in [6.45, 7) is 2.53. The first-order valence-electron chi connectivity index (χ1n) is 4.46. The van der Waals surface area contributed by atoms with E-state index in [9.17, 15) is 4.79 Å². The molecule has 0 atom stereocenters. The number of halogens is 1. The van der Waals surface area contributed by atoms with Crippen LogP contribution in [-0.2, 0) is 16.0 Å². The highest BCUT2D eigenvalue weighted by Gasteiger charge is 2.25. The first-order chi connectivity index (χ1) is 7.15. The summed E-state index contributed by atoms with van der Waals surface area (Å²) in [5.41, 5.74) is 0.464. The molecule has 0 aliphatic rings. The molecule has 0 fully saturated rings. The van der Waals surface area contributed by atoms with Gasteiger partial charge in [-0.05, 0) is 22.9 Å². The molecular formula is C9H13BrN2O3. The number of hydrogen-bond donors (Lipinski definition) is 0. The third kappa shape index (κ3) is 2.45. The van der Waals surface area contributed by atoms with Crippen LogP contribution >= 0.6 is 15.9 Å². The fourth-order valence-corrected chi connectivity index (χ4v) is 1.76. The molecule has 15 heavy (non-hydrogen) atoms. The maximum absolute atomic E-state index is 11.9. The number of hydrogen-bond acceptors (Lipinski definition) is 4. The lowest BCUT2D eigenvalue weighted by Gasteiger charge is -2.12. The molecule has 1 heterocycles. The van der Waals surface area contributed by atoms with Gasteiger partial charge in [0.1, 0.15) is 5.69 Å². The van der Waals surface area contributed by atoms with Crippen LogP contribution in [0.1, 0.15) is 17.4 Å². The number of methoxy groups -OCH3 is 2. The summed E-state index contributed by atoms with van der Waals surface area (Å²) >= 11 is 3.27. The summed E-state index contributed by atoms with van der Waals surface area (Å²) < 4.78 is 12.1. The summed E-state index contributed by atoms with van der Waals surface area (Å²) in [7, 11) is 2.85. The summed E-state index contributed by atoms with van der Waals surface area (Å²) in [6, 6.07) is 0. The number of ketones is 1. The minimum absolute atomic E-state index is 0.244. The summed E-state index contributed by atoms with van der Waals surface area (Å²) in [5, 5.41) is 4.04. The topological polar surface area (TPSA) is 53.4 Å². The van der Waals surface area contributed by atoms with Crippen LogP contribution in [0.4, 0.5) is 0 Å². The van der Waals surface area contributed by atoms with Crippen molar-refractivity contribution in [2.75, 3.05) is 14.2 Å². The summed E-state index contributed by atoms with van der Waals surface area (Å²) in [4.78, 5) is 11.9. The van der Waals surface area contributed by atoms with Crippen LogP contribution in [-0.4, -0.2) is 36.1 Å². The molecule has 0 aliphatic heterocycles. The van der Waals surface area contributed by atoms with Crippen LogP contribution in [0.15, 0.2) is 10.7 Å². The normalized spacial score (nSPS) is 11.0. The Morgan fingerprint density at radius 1 is 1.60 bits per heavy atom. The van der Waals surface area contributed by atoms with Crippen molar-refractivity contribution in [2.45, 2.75) is 19.8 Å². The van der Waals surface area contributed by atoms with E-state index in [0.29, 0.717) is 16.7 Å². The average molecular weight is 277 g/mol. The highest BCUT2D eigenvalue weighted by atomic mass is 79.9. The van der Waals surface area contributed by atoms with E-state index < -0.39 is 6.29 Å². The quantitative estimate of drug-likeness (QED) is 0.604. The van der Waals surface area contributed by atoms with Crippen LogP contribution in [0.5, 0.6) is 0 Å². The Morgan fingerprint density at radius 3 is 2.67 bits per heavy atom. The van der Waals surface area contributed by atoms with Gasteiger partial charge in [-0.2, -0.15) is 5.10 Å². The Kier molecular flexibility index (Phi) is 4.44. The van der Waals surface area contributed by atoms with Gasteiger partial charge in [0.25, 0.3) is 0 Å². The zero-order valence-electron chi connectivity index (χ0n) is 8.86. The van der Waals surface area contributed by atoms with Gasteiger partial charge in [-0.15, -0.1) is 0 Å². The van der Waals surface area contributed by atoms with E-state index in [4.69, 9.17) is 9.47 Å². The summed E-state index contributed by atoms with van der Waals surface area (Å²) in [5.74, 6) is -0.244. The van der Waals surface area contributed by atoms with Crippen LogP contribution in [0.3, 0.4) is 0 Å². The molecule has 1 aromatic rings. The number of aryl methyl sites for hydroxylation is 1. The van der Waals surface area contributed by atoms with E-state index in [-0.39, 0.29) is 5.78 Å². The number of carbonyl (C=O) groups is 1. The second-order valence-electron chi connectivity index (χ2n) is 2.82. The van der Waals surface area contributed by atoms with Crippen molar-refractivity contribution in [2.24, 2.45) is 0 Å². The van der Waals surface area contributed by atoms with Crippen molar-refractivity contribution in [3.63, 3.8) is 0 Å². The highest BCUT2D eigenvalue weighted by molar-refractivity contribution is 9.10. The van der Waals surface area contributed by atoms with Crippen molar-refractivity contribution >= 4 is 21.7 Å². The molecule has 0 spiro atoms. The monoisotopic (exact) mass is 276 g/mol. The number of nitrogens with zero attached hydrogens (tertiary/aromatic N) is 2. The van der Waals surface area contributed by atoms with E-state index in [1.165, 1.54) is 14.2 Å². The lowest BCUT2D eigenvalue weighted by molar-refractivity contribution is -0.0747. The van der Waals surface area contributed by atoms with E-state index in [0.717, 1.165) is 0 Å². The minimum Gasteiger partial charge on any atom is -0.349 e. The predicted molar refractivity (Wildman–Crippen MR) is 57.7 cm³/mol. The molecule has 0 aliphatic carbocycles. The van der Waals surface area contributed by atoms with Gasteiger partial charge in [-0.3, -0.25) is 9.48 Å². The SMILES string of the molecule is CCn1ncc(Br)c1C(=O)C(OC)OC. The molecule has 6 heteroatoms. The van der Waals surface area contributed by atoms with Crippen molar-refractivity contribution in [1.82, 2.24) is 9.78 Å². The molecule has 0 bridgehead atoms. The van der Waals surface area contributed by atoms with Crippen molar-refractivity contribution in [1.29, 1.82) is 0 Å². The van der Waals surface area contributed by atoms with Gasteiger partial charge in [0.2, 0.25) is 12.1 Å². The van der Waals surface area contributed by atoms with Crippen molar-refractivity contribution in [3.8, 4) is 0 Å². The first kappa shape index (κ1) is 12.4. The number of rotatable bonds is 5. The van der Waals surface area contributed by atoms with Gasteiger partial charge < -0.3 is 9.47 Å². The van der Waals surface area contributed by atoms with Gasteiger partial charge >= 0.3 is 0 Å². The lowest BCUT2D eigenvalue weighted by Crippen LogP contribution is -2.27. The van der Waals surface area contributed by atoms with E-state index in [1.807, 2.05) is 6.92 Å². The Bertz CT molecular complexity index is 347. The Labute approximate surface area is 96.5 Å². The Hall–Kier alpha value is -0.720. The maximum atomic E-state index is 11.9. The lowest BCUT2D eigenvalue weighted by atomic mass is 10.2. The molecule has 0 N–H and O–H groups in total. The van der Waals surface area contributed by atoms with Gasteiger partial charge in [-0.25, -0.2) is 0 Å². The summed E-state index contributed by atoms with van der Waals surface area (Å²) in [6.07, 6.45) is 0.697. The van der Waals surface area contributed by atoms with E-state index >= 15 is 0 Å². The molecule has 5 nitrogen and oxygen atoms in total. The Balaban J connectivity index is 3.03. The standard InChI is InChI=1S/C9H13BrN2O3/c1-4-12-7(6(10)5-11-12)8(13)9(14-2)15-3/h5,9H,4H2,1-3H3. The fourth-order valence-electron chi connectivity index (χ4n) is 1.27. The smallest absolute Gasteiger partial charge is 0.237 e. The van der Waals surface area contributed by atoms with E-state index in [1.54, 1.807) is 10.9 Å². The van der Waals surface area contributed by atoms with Gasteiger partial charge in [0.05, 0.1) is 10.7 Å². The average Bonchev–Trinajstić information content (AvgIpc) is 2.61. The molecule has 1 rings (SSSR count). The first-order valence-corrected chi connectivity index (χ1v) is 5.26. The highest BCUT2D eigenvalue weighted by Crippen LogP contribution is 2.18. The number of aromatic nitrogens is 2. The molecule has 0 unspecified atom stereocenters. The molecular weight excluding hydrogens is 264 g/mol. The second kappa shape index (κ2) is 5.39. The fraction of sp³-hybridized carbons (Fsp3) is 0.556. The zero-order valence-corrected chi connectivity index (χ0v) is 10.4. The molecule has 0 radical (unpaired) electrons. The number of carbonyl (C=O) groups excluding carboxylic acids is 1. The molecule has 1 aromatic heterocycles. The largest absolute Gasteiger partial charge is 0.349 e. The Morgan fingerprint density at radius 2 is 2.20 bits per heavy atom. The third-order valence-corrected chi connectivity index (χ3v) is 2.55. The van der Waals surface area contributed by atoms with Crippen molar-refractivity contribution in [3.05, 3.63) is 16.4 Å². The molecule has 84 valence electrons. The molecule has 0 amide bonds. The van der Waals surface area contributed by atoms with Crippen LogP contribution in [0, 0.1) is 0 Å². The third-order valence-electron chi connectivity index (χ3n) is 1.97. The number of ether oxygens (including phenoxy) is 2. The van der Waals surface area contributed by atoms with Gasteiger partial charge in [-0.1, -0.05) is 0 Å². The maximum Gasteiger partial charge on any atom is 0.237 e. The second-order valence-corrected chi connectivity index (χ2v) is 3.68. The molecule has 0 saturated carbocycles.